The van der Waals surface area contributed by atoms with Gasteiger partial charge in [0.1, 0.15) is 6.04 Å². The van der Waals surface area contributed by atoms with Crippen molar-refractivity contribution in [3.05, 3.63) is 24.0 Å². The second-order valence-electron chi connectivity index (χ2n) is 5.43. The first-order chi connectivity index (χ1) is 8.71. The number of urea groups is 1. The van der Waals surface area contributed by atoms with Crippen molar-refractivity contribution >= 4 is 17.7 Å². The van der Waals surface area contributed by atoms with Crippen molar-refractivity contribution < 1.29 is 14.7 Å². The van der Waals surface area contributed by atoms with Gasteiger partial charge in [-0.1, -0.05) is 20.8 Å². The number of nitrogens with zero attached hydrogens (tertiary/aromatic N) is 1. The van der Waals surface area contributed by atoms with E-state index in [0.29, 0.717) is 5.69 Å². The van der Waals surface area contributed by atoms with Gasteiger partial charge in [-0.15, -0.1) is 0 Å². The van der Waals surface area contributed by atoms with Crippen LogP contribution in [-0.4, -0.2) is 28.1 Å². The molecule has 1 atom stereocenters. The molecule has 6 heteroatoms. The molecule has 2 amide bonds. The lowest BCUT2D eigenvalue weighted by atomic mass is 9.87. The van der Waals surface area contributed by atoms with Crippen molar-refractivity contribution in [2.75, 3.05) is 5.32 Å². The Balaban J connectivity index is 2.75. The van der Waals surface area contributed by atoms with Crippen LogP contribution in [0.5, 0.6) is 0 Å². The van der Waals surface area contributed by atoms with Crippen LogP contribution in [0.2, 0.25) is 0 Å². The standard InChI is InChI=1S/C13H19N3O3/c1-8-5-6-14-7-9(8)15-12(19)16-10(11(17)18)13(2,3)4/h5-7,10H,1-4H3,(H,17,18)(H2,15,16,19)/t10-/m0/s1. The van der Waals surface area contributed by atoms with Crippen LogP contribution < -0.4 is 10.6 Å². The normalized spacial score (nSPS) is 12.6. The van der Waals surface area contributed by atoms with Gasteiger partial charge < -0.3 is 15.7 Å². The van der Waals surface area contributed by atoms with E-state index in [4.69, 9.17) is 5.11 Å². The minimum atomic E-state index is -1.06. The molecule has 3 N–H and O–H groups in total. The SMILES string of the molecule is Cc1ccncc1NC(=O)N[C@@H](C(=O)O)C(C)(C)C. The zero-order valence-electron chi connectivity index (χ0n) is 11.5. The Morgan fingerprint density at radius 1 is 1.37 bits per heavy atom. The Labute approximate surface area is 112 Å². The van der Waals surface area contributed by atoms with Crippen molar-refractivity contribution in [3.8, 4) is 0 Å². The predicted molar refractivity (Wildman–Crippen MR) is 72.0 cm³/mol. The van der Waals surface area contributed by atoms with E-state index in [1.165, 1.54) is 6.20 Å². The highest BCUT2D eigenvalue weighted by Gasteiger charge is 2.32. The highest BCUT2D eigenvalue weighted by Crippen LogP contribution is 2.19. The Bertz CT molecular complexity index is 480. The zero-order valence-corrected chi connectivity index (χ0v) is 11.5. The molecule has 104 valence electrons. The van der Waals surface area contributed by atoms with Crippen molar-refractivity contribution in [1.29, 1.82) is 0 Å². The quantitative estimate of drug-likeness (QED) is 0.779. The van der Waals surface area contributed by atoms with E-state index in [0.717, 1.165) is 5.56 Å². The smallest absolute Gasteiger partial charge is 0.326 e. The van der Waals surface area contributed by atoms with Crippen molar-refractivity contribution in [3.63, 3.8) is 0 Å². The number of hydrogen-bond acceptors (Lipinski definition) is 3. The fraction of sp³-hybridized carbons (Fsp3) is 0.462. The lowest BCUT2D eigenvalue weighted by Gasteiger charge is -2.27. The number of nitrogens with one attached hydrogen (secondary N) is 2. The first-order valence-electron chi connectivity index (χ1n) is 5.92. The van der Waals surface area contributed by atoms with Gasteiger partial charge in [-0.05, 0) is 24.0 Å². The largest absolute Gasteiger partial charge is 0.480 e. The first-order valence-corrected chi connectivity index (χ1v) is 5.92. The molecular formula is C13H19N3O3. The number of anilines is 1. The maximum Gasteiger partial charge on any atom is 0.326 e. The van der Waals surface area contributed by atoms with Gasteiger partial charge in [0.15, 0.2) is 0 Å². The summed E-state index contributed by atoms with van der Waals surface area (Å²) in [6, 6.07) is 0.233. The van der Waals surface area contributed by atoms with Gasteiger partial charge >= 0.3 is 12.0 Å². The number of carbonyl (C=O) groups excluding carboxylic acids is 1. The van der Waals surface area contributed by atoms with Crippen LogP contribution in [-0.2, 0) is 4.79 Å². The highest BCUT2D eigenvalue weighted by molar-refractivity contribution is 5.92. The van der Waals surface area contributed by atoms with E-state index in [-0.39, 0.29) is 0 Å². The van der Waals surface area contributed by atoms with E-state index in [1.807, 2.05) is 6.92 Å². The van der Waals surface area contributed by atoms with E-state index < -0.39 is 23.5 Å². The maximum atomic E-state index is 11.8. The van der Waals surface area contributed by atoms with E-state index in [2.05, 4.69) is 15.6 Å². The van der Waals surface area contributed by atoms with Crippen molar-refractivity contribution in [2.24, 2.45) is 5.41 Å². The molecule has 0 unspecified atom stereocenters. The molecule has 1 aromatic heterocycles. The molecule has 0 radical (unpaired) electrons. The Kier molecular flexibility index (Phi) is 4.47. The van der Waals surface area contributed by atoms with Gasteiger partial charge in [-0.2, -0.15) is 0 Å². The highest BCUT2D eigenvalue weighted by atomic mass is 16.4. The van der Waals surface area contributed by atoms with E-state index in [1.54, 1.807) is 33.0 Å². The van der Waals surface area contributed by atoms with Crippen molar-refractivity contribution in [1.82, 2.24) is 10.3 Å². The van der Waals surface area contributed by atoms with Gasteiger partial charge in [-0.3, -0.25) is 4.98 Å². The number of aliphatic carboxylic acids is 1. The zero-order chi connectivity index (χ0) is 14.6. The van der Waals surface area contributed by atoms with E-state index in [9.17, 15) is 9.59 Å². The molecule has 19 heavy (non-hydrogen) atoms. The lowest BCUT2D eigenvalue weighted by molar-refractivity contribution is -0.141. The summed E-state index contributed by atoms with van der Waals surface area (Å²) in [6.45, 7) is 7.08. The van der Waals surface area contributed by atoms with E-state index >= 15 is 0 Å². The second kappa shape index (κ2) is 5.69. The monoisotopic (exact) mass is 265 g/mol. The molecule has 0 aliphatic carbocycles. The van der Waals surface area contributed by atoms with Gasteiger partial charge in [0.25, 0.3) is 0 Å². The third-order valence-corrected chi connectivity index (χ3v) is 2.68. The molecular weight excluding hydrogens is 246 g/mol. The molecule has 0 spiro atoms. The number of carboxylic acid groups (broad SMARTS) is 1. The summed E-state index contributed by atoms with van der Waals surface area (Å²) < 4.78 is 0. The van der Waals surface area contributed by atoms with Gasteiger partial charge in [0.05, 0.1) is 11.9 Å². The maximum absolute atomic E-state index is 11.8. The number of aryl methyl sites for hydroxylation is 1. The lowest BCUT2D eigenvalue weighted by Crippen LogP contribution is -2.50. The predicted octanol–water partition coefficient (Wildman–Crippen LogP) is 2.01. The molecule has 6 nitrogen and oxygen atoms in total. The molecule has 1 rings (SSSR count). The van der Waals surface area contributed by atoms with Crippen LogP contribution in [0, 0.1) is 12.3 Å². The molecule has 0 fully saturated rings. The van der Waals surface area contributed by atoms with Crippen LogP contribution in [0.4, 0.5) is 10.5 Å². The topological polar surface area (TPSA) is 91.3 Å². The number of pyridine rings is 1. The average molecular weight is 265 g/mol. The van der Waals surface area contributed by atoms with Crippen LogP contribution in [0.3, 0.4) is 0 Å². The number of carbonyl (C=O) groups is 2. The fourth-order valence-electron chi connectivity index (χ4n) is 1.53. The van der Waals surface area contributed by atoms with Crippen molar-refractivity contribution in [2.45, 2.75) is 33.7 Å². The summed E-state index contributed by atoms with van der Waals surface area (Å²) in [6.07, 6.45) is 3.13. The van der Waals surface area contributed by atoms with Gasteiger partial charge in [0, 0.05) is 6.20 Å². The molecule has 1 aromatic rings. The Hall–Kier alpha value is -2.11. The summed E-state index contributed by atoms with van der Waals surface area (Å²) in [4.78, 5) is 26.9. The first kappa shape index (κ1) is 14.9. The Morgan fingerprint density at radius 2 is 2.00 bits per heavy atom. The van der Waals surface area contributed by atoms with Crippen LogP contribution in [0.25, 0.3) is 0 Å². The number of rotatable bonds is 3. The number of hydrogen-bond donors (Lipinski definition) is 3. The molecule has 0 bridgehead atoms. The summed E-state index contributed by atoms with van der Waals surface area (Å²) in [7, 11) is 0. The van der Waals surface area contributed by atoms with Crippen LogP contribution in [0.15, 0.2) is 18.5 Å². The van der Waals surface area contributed by atoms with Gasteiger partial charge in [-0.25, -0.2) is 9.59 Å². The third kappa shape index (κ3) is 4.24. The van der Waals surface area contributed by atoms with Crippen LogP contribution >= 0.6 is 0 Å². The number of aromatic nitrogens is 1. The molecule has 0 aromatic carbocycles. The number of amides is 2. The third-order valence-electron chi connectivity index (χ3n) is 2.68. The molecule has 0 saturated heterocycles. The minimum absolute atomic E-state index is 0.554. The fourth-order valence-corrected chi connectivity index (χ4v) is 1.53. The summed E-state index contributed by atoms with van der Waals surface area (Å²) >= 11 is 0. The summed E-state index contributed by atoms with van der Waals surface area (Å²) in [5, 5.41) is 14.2. The summed E-state index contributed by atoms with van der Waals surface area (Å²) in [5.74, 6) is -1.06. The van der Waals surface area contributed by atoms with Gasteiger partial charge in [0.2, 0.25) is 0 Å². The average Bonchev–Trinajstić information content (AvgIpc) is 2.27. The Morgan fingerprint density at radius 3 is 2.47 bits per heavy atom. The molecule has 1 heterocycles. The molecule has 0 aliphatic rings. The molecule has 0 aliphatic heterocycles. The van der Waals surface area contributed by atoms with Crippen LogP contribution in [0.1, 0.15) is 26.3 Å². The second-order valence-corrected chi connectivity index (χ2v) is 5.43. The number of carboxylic acids is 1. The molecule has 0 saturated carbocycles. The minimum Gasteiger partial charge on any atom is -0.480 e. The summed E-state index contributed by atoms with van der Waals surface area (Å²) in [5.41, 5.74) is 0.832.